The SMILES string of the molecule is CCC(=O)N1CCc2cc(Br)c(S(=O)(=O)CCC(=O)Nc3ccccc3F)cc21. The molecule has 0 atom stereocenters. The van der Waals surface area contributed by atoms with Crippen molar-refractivity contribution in [3.63, 3.8) is 0 Å². The Bertz CT molecular complexity index is 1070. The zero-order valence-electron chi connectivity index (χ0n) is 15.7. The minimum Gasteiger partial charge on any atom is -0.324 e. The Labute approximate surface area is 177 Å². The Morgan fingerprint density at radius 1 is 1.24 bits per heavy atom. The summed E-state index contributed by atoms with van der Waals surface area (Å²) < 4.78 is 39.7. The topological polar surface area (TPSA) is 83.6 Å². The highest BCUT2D eigenvalue weighted by molar-refractivity contribution is 9.10. The van der Waals surface area contributed by atoms with Gasteiger partial charge >= 0.3 is 0 Å². The number of hydrogen-bond donors (Lipinski definition) is 1. The number of carbonyl (C=O) groups is 2. The van der Waals surface area contributed by atoms with Gasteiger partial charge in [0.2, 0.25) is 11.8 Å². The number of nitrogens with one attached hydrogen (secondary N) is 1. The van der Waals surface area contributed by atoms with E-state index in [9.17, 15) is 22.4 Å². The van der Waals surface area contributed by atoms with Crippen molar-refractivity contribution in [1.82, 2.24) is 0 Å². The fourth-order valence-corrected chi connectivity index (χ4v) is 5.64. The third-order valence-electron chi connectivity index (χ3n) is 4.71. The van der Waals surface area contributed by atoms with E-state index in [1.807, 2.05) is 0 Å². The van der Waals surface area contributed by atoms with Crippen LogP contribution in [-0.4, -0.2) is 32.5 Å². The molecule has 0 spiro atoms. The molecule has 2 amide bonds. The smallest absolute Gasteiger partial charge is 0.226 e. The van der Waals surface area contributed by atoms with E-state index < -0.39 is 27.3 Å². The van der Waals surface area contributed by atoms with Crippen LogP contribution in [0, 0.1) is 5.82 Å². The van der Waals surface area contributed by atoms with Gasteiger partial charge in [-0.15, -0.1) is 0 Å². The fourth-order valence-electron chi connectivity index (χ4n) is 3.19. The van der Waals surface area contributed by atoms with Crippen molar-refractivity contribution in [2.24, 2.45) is 0 Å². The standard InChI is InChI=1S/C20H20BrFN2O4S/c1-2-20(26)24-9-7-13-11-14(21)18(12-17(13)24)29(27,28)10-8-19(25)23-16-6-4-3-5-15(16)22/h3-6,11-12H,2,7-10H2,1H3,(H,23,25). The average Bonchev–Trinajstić information content (AvgIpc) is 3.09. The number of halogens is 2. The van der Waals surface area contributed by atoms with Gasteiger partial charge in [-0.05, 0) is 52.2 Å². The second kappa shape index (κ2) is 8.62. The minimum atomic E-state index is -3.81. The third kappa shape index (κ3) is 4.67. The summed E-state index contributed by atoms with van der Waals surface area (Å²) in [5, 5.41) is 2.38. The summed E-state index contributed by atoms with van der Waals surface area (Å²) in [5.74, 6) is -1.70. The highest BCUT2D eigenvalue weighted by Gasteiger charge is 2.28. The Kier molecular flexibility index (Phi) is 6.38. The summed E-state index contributed by atoms with van der Waals surface area (Å²) in [6, 6.07) is 8.87. The van der Waals surface area contributed by atoms with Gasteiger partial charge in [-0.1, -0.05) is 19.1 Å². The monoisotopic (exact) mass is 482 g/mol. The summed E-state index contributed by atoms with van der Waals surface area (Å²) >= 11 is 3.30. The van der Waals surface area contributed by atoms with E-state index in [0.29, 0.717) is 29.5 Å². The Balaban J connectivity index is 1.77. The van der Waals surface area contributed by atoms with Crippen LogP contribution < -0.4 is 10.2 Å². The summed E-state index contributed by atoms with van der Waals surface area (Å²) in [6.07, 6.45) is 0.663. The predicted molar refractivity (Wildman–Crippen MR) is 112 cm³/mol. The van der Waals surface area contributed by atoms with Crippen LogP contribution in [0.3, 0.4) is 0 Å². The summed E-state index contributed by atoms with van der Waals surface area (Å²) in [6.45, 7) is 2.27. The molecule has 0 fully saturated rings. The molecular formula is C20H20BrFN2O4S. The van der Waals surface area contributed by atoms with Gasteiger partial charge in [-0.25, -0.2) is 12.8 Å². The molecule has 154 valence electrons. The van der Waals surface area contributed by atoms with Crippen LogP contribution >= 0.6 is 15.9 Å². The lowest BCUT2D eigenvalue weighted by atomic mass is 10.2. The van der Waals surface area contributed by atoms with Gasteiger partial charge < -0.3 is 10.2 Å². The number of fused-ring (bicyclic) bond motifs is 1. The zero-order valence-corrected chi connectivity index (χ0v) is 18.1. The van der Waals surface area contributed by atoms with Crippen molar-refractivity contribution >= 4 is 49.0 Å². The van der Waals surface area contributed by atoms with Crippen LogP contribution in [0.4, 0.5) is 15.8 Å². The molecule has 1 heterocycles. The second-order valence-corrected chi connectivity index (χ2v) is 9.59. The normalized spacial score (nSPS) is 13.3. The molecule has 1 aliphatic rings. The van der Waals surface area contributed by atoms with Crippen molar-refractivity contribution in [3.05, 3.63) is 52.3 Å². The Morgan fingerprint density at radius 2 is 1.97 bits per heavy atom. The Morgan fingerprint density at radius 3 is 2.66 bits per heavy atom. The molecule has 3 rings (SSSR count). The lowest BCUT2D eigenvalue weighted by Crippen LogP contribution is -2.28. The van der Waals surface area contributed by atoms with Gasteiger partial charge in [-0.3, -0.25) is 9.59 Å². The first-order chi connectivity index (χ1) is 13.7. The van der Waals surface area contributed by atoms with Crippen LogP contribution in [0.1, 0.15) is 25.3 Å². The second-order valence-electron chi connectivity index (χ2n) is 6.66. The molecular weight excluding hydrogens is 463 g/mol. The van der Waals surface area contributed by atoms with Gasteiger partial charge in [0.05, 0.1) is 16.3 Å². The first-order valence-electron chi connectivity index (χ1n) is 9.13. The number of rotatable bonds is 6. The molecule has 0 aromatic heterocycles. The highest BCUT2D eigenvalue weighted by atomic mass is 79.9. The van der Waals surface area contributed by atoms with Crippen LogP contribution in [0.15, 0.2) is 45.8 Å². The molecule has 0 aliphatic carbocycles. The highest BCUT2D eigenvalue weighted by Crippen LogP contribution is 2.36. The van der Waals surface area contributed by atoms with Crippen molar-refractivity contribution < 1.29 is 22.4 Å². The van der Waals surface area contributed by atoms with Crippen LogP contribution in [0.25, 0.3) is 0 Å². The molecule has 1 N–H and O–H groups in total. The van der Waals surface area contributed by atoms with E-state index in [4.69, 9.17) is 0 Å². The van der Waals surface area contributed by atoms with Gasteiger partial charge in [0.1, 0.15) is 5.82 Å². The average molecular weight is 483 g/mol. The number of hydrogen-bond acceptors (Lipinski definition) is 4. The van der Waals surface area contributed by atoms with Crippen molar-refractivity contribution in [2.75, 3.05) is 22.5 Å². The number of sulfone groups is 1. The number of carbonyl (C=O) groups excluding carboxylic acids is 2. The van der Waals surface area contributed by atoms with Gasteiger partial charge in [0, 0.05) is 29.5 Å². The number of anilines is 2. The van der Waals surface area contributed by atoms with E-state index >= 15 is 0 Å². The third-order valence-corrected chi connectivity index (χ3v) is 7.38. The minimum absolute atomic E-state index is 0.00216. The quantitative estimate of drug-likeness (QED) is 0.680. The number of para-hydroxylation sites is 1. The lowest BCUT2D eigenvalue weighted by Gasteiger charge is -2.18. The number of amides is 2. The van der Waals surface area contributed by atoms with Crippen LogP contribution in [0.2, 0.25) is 0 Å². The number of nitrogens with zero attached hydrogens (tertiary/aromatic N) is 1. The fraction of sp³-hybridized carbons (Fsp3) is 0.300. The molecule has 9 heteroatoms. The van der Waals surface area contributed by atoms with Crippen molar-refractivity contribution in [3.8, 4) is 0 Å². The number of benzene rings is 2. The van der Waals surface area contributed by atoms with E-state index in [1.54, 1.807) is 24.0 Å². The maximum absolute atomic E-state index is 13.6. The maximum atomic E-state index is 13.6. The molecule has 0 bridgehead atoms. The van der Waals surface area contributed by atoms with E-state index in [-0.39, 0.29) is 22.9 Å². The molecule has 2 aromatic rings. The molecule has 0 saturated carbocycles. The maximum Gasteiger partial charge on any atom is 0.226 e. The van der Waals surface area contributed by atoms with Gasteiger partial charge in [0.15, 0.2) is 9.84 Å². The first-order valence-corrected chi connectivity index (χ1v) is 11.6. The van der Waals surface area contributed by atoms with Crippen LogP contribution in [0.5, 0.6) is 0 Å². The lowest BCUT2D eigenvalue weighted by molar-refractivity contribution is -0.118. The first kappa shape index (κ1) is 21.4. The molecule has 29 heavy (non-hydrogen) atoms. The summed E-state index contributed by atoms with van der Waals surface area (Å²) in [7, 11) is -3.81. The van der Waals surface area contributed by atoms with E-state index in [1.165, 1.54) is 24.3 Å². The summed E-state index contributed by atoms with van der Waals surface area (Å²) in [5.41, 5.74) is 1.49. The van der Waals surface area contributed by atoms with Gasteiger partial charge in [-0.2, -0.15) is 0 Å². The molecule has 0 unspecified atom stereocenters. The predicted octanol–water partition coefficient (Wildman–Crippen LogP) is 3.69. The molecule has 0 saturated heterocycles. The Hall–Kier alpha value is -2.26. The van der Waals surface area contributed by atoms with Crippen LogP contribution in [-0.2, 0) is 25.8 Å². The van der Waals surface area contributed by atoms with Crippen molar-refractivity contribution in [1.29, 1.82) is 0 Å². The van der Waals surface area contributed by atoms with Crippen molar-refractivity contribution in [2.45, 2.75) is 31.1 Å². The van der Waals surface area contributed by atoms with E-state index in [2.05, 4.69) is 21.2 Å². The van der Waals surface area contributed by atoms with Gasteiger partial charge in [0.25, 0.3) is 0 Å². The molecule has 1 aliphatic heterocycles. The molecule has 6 nitrogen and oxygen atoms in total. The molecule has 0 radical (unpaired) electrons. The largest absolute Gasteiger partial charge is 0.324 e. The summed E-state index contributed by atoms with van der Waals surface area (Å²) in [4.78, 5) is 25.8. The van der Waals surface area contributed by atoms with E-state index in [0.717, 1.165) is 5.56 Å². The molecule has 2 aromatic carbocycles. The zero-order chi connectivity index (χ0) is 21.2.